The Labute approximate surface area is 143 Å². The Hall–Kier alpha value is -0.390. The van der Waals surface area contributed by atoms with Crippen LogP contribution < -0.4 is 5.32 Å². The summed E-state index contributed by atoms with van der Waals surface area (Å²) >= 11 is 6.94. The lowest BCUT2D eigenvalue weighted by Gasteiger charge is -2.30. The summed E-state index contributed by atoms with van der Waals surface area (Å²) in [5.74, 6) is 0.691. The van der Waals surface area contributed by atoms with Gasteiger partial charge in [-0.3, -0.25) is 4.79 Å². The minimum Gasteiger partial charge on any atom is -0.338 e. The Morgan fingerprint density at radius 2 is 2.24 bits per heavy atom. The second kappa shape index (κ2) is 8.30. The van der Waals surface area contributed by atoms with Gasteiger partial charge in [0, 0.05) is 22.0 Å². The molecule has 1 atom stereocenters. The van der Waals surface area contributed by atoms with E-state index in [-0.39, 0.29) is 5.91 Å². The fourth-order valence-electron chi connectivity index (χ4n) is 2.77. The summed E-state index contributed by atoms with van der Waals surface area (Å²) in [6, 6.07) is 5.76. The van der Waals surface area contributed by atoms with E-state index in [1.54, 1.807) is 0 Å². The van der Waals surface area contributed by atoms with E-state index in [9.17, 15) is 4.79 Å². The van der Waals surface area contributed by atoms with Crippen molar-refractivity contribution in [3.8, 4) is 0 Å². The fourth-order valence-corrected chi connectivity index (χ4v) is 3.55. The molecule has 1 saturated heterocycles. The van der Waals surface area contributed by atoms with E-state index in [1.165, 1.54) is 12.8 Å². The third-order valence-corrected chi connectivity index (χ3v) is 5.00. The summed E-state index contributed by atoms with van der Waals surface area (Å²) in [6.07, 6.45) is 3.40. The maximum absolute atomic E-state index is 12.8. The number of rotatable bonds is 5. The van der Waals surface area contributed by atoms with E-state index in [1.807, 2.05) is 23.1 Å². The monoisotopic (exact) mass is 416 g/mol. The SMILES string of the molecule is CCCN(CC1CCCNC1)C(=O)c1cc(Br)ccc1Br. The van der Waals surface area contributed by atoms with Gasteiger partial charge < -0.3 is 10.2 Å². The third kappa shape index (κ3) is 4.80. The van der Waals surface area contributed by atoms with Crippen molar-refractivity contribution in [1.82, 2.24) is 10.2 Å². The first-order chi connectivity index (χ1) is 10.1. The van der Waals surface area contributed by atoms with E-state index < -0.39 is 0 Å². The largest absolute Gasteiger partial charge is 0.338 e. The highest BCUT2D eigenvalue weighted by Gasteiger charge is 2.22. The number of hydrogen-bond acceptors (Lipinski definition) is 2. The topological polar surface area (TPSA) is 32.3 Å². The Morgan fingerprint density at radius 3 is 2.90 bits per heavy atom. The highest BCUT2D eigenvalue weighted by molar-refractivity contribution is 9.11. The van der Waals surface area contributed by atoms with Crippen LogP contribution in [0.15, 0.2) is 27.1 Å². The van der Waals surface area contributed by atoms with Gasteiger partial charge in [-0.05, 0) is 72.4 Å². The van der Waals surface area contributed by atoms with Gasteiger partial charge in [0.05, 0.1) is 5.56 Å². The molecule has 21 heavy (non-hydrogen) atoms. The van der Waals surface area contributed by atoms with E-state index in [4.69, 9.17) is 0 Å². The quantitative estimate of drug-likeness (QED) is 0.783. The molecule has 0 aromatic heterocycles. The van der Waals surface area contributed by atoms with Crippen LogP contribution in [-0.4, -0.2) is 37.0 Å². The van der Waals surface area contributed by atoms with Crippen molar-refractivity contribution in [2.24, 2.45) is 5.92 Å². The molecule has 0 aliphatic carbocycles. The van der Waals surface area contributed by atoms with E-state index >= 15 is 0 Å². The van der Waals surface area contributed by atoms with Gasteiger partial charge in [0.1, 0.15) is 0 Å². The first-order valence-corrected chi connectivity index (χ1v) is 9.15. The summed E-state index contributed by atoms with van der Waals surface area (Å²) in [7, 11) is 0. The lowest BCUT2D eigenvalue weighted by molar-refractivity contribution is 0.0718. The zero-order valence-electron chi connectivity index (χ0n) is 12.4. The zero-order valence-corrected chi connectivity index (χ0v) is 15.5. The average molecular weight is 418 g/mol. The molecule has 1 aromatic rings. The highest BCUT2D eigenvalue weighted by Crippen LogP contribution is 2.24. The van der Waals surface area contributed by atoms with E-state index in [2.05, 4.69) is 44.1 Å². The van der Waals surface area contributed by atoms with Crippen LogP contribution in [0.3, 0.4) is 0 Å². The van der Waals surface area contributed by atoms with Crippen molar-refractivity contribution in [2.75, 3.05) is 26.2 Å². The summed E-state index contributed by atoms with van der Waals surface area (Å²) in [5.41, 5.74) is 0.738. The number of hydrogen-bond donors (Lipinski definition) is 1. The van der Waals surface area contributed by atoms with Crippen LogP contribution in [0.4, 0.5) is 0 Å². The second-order valence-electron chi connectivity index (χ2n) is 5.59. The first kappa shape index (κ1) is 17.0. The number of nitrogens with zero attached hydrogens (tertiary/aromatic N) is 1. The predicted octanol–water partition coefficient (Wildman–Crippen LogP) is 4.06. The summed E-state index contributed by atoms with van der Waals surface area (Å²) in [5, 5.41) is 3.43. The lowest BCUT2D eigenvalue weighted by atomic mass is 9.98. The molecule has 2 rings (SSSR count). The van der Waals surface area contributed by atoms with Crippen LogP contribution >= 0.6 is 31.9 Å². The predicted molar refractivity (Wildman–Crippen MR) is 93.6 cm³/mol. The van der Waals surface area contributed by atoms with Crippen molar-refractivity contribution < 1.29 is 4.79 Å². The van der Waals surface area contributed by atoms with E-state index in [0.29, 0.717) is 5.92 Å². The van der Waals surface area contributed by atoms with Gasteiger partial charge in [0.2, 0.25) is 0 Å². The molecule has 1 aliphatic heterocycles. The maximum atomic E-state index is 12.8. The van der Waals surface area contributed by atoms with Gasteiger partial charge in [0.15, 0.2) is 0 Å². The van der Waals surface area contributed by atoms with Gasteiger partial charge >= 0.3 is 0 Å². The molecule has 3 nitrogen and oxygen atoms in total. The number of benzene rings is 1. The maximum Gasteiger partial charge on any atom is 0.255 e. The van der Waals surface area contributed by atoms with Crippen LogP contribution in [0.1, 0.15) is 36.5 Å². The van der Waals surface area contributed by atoms with Gasteiger partial charge in [-0.1, -0.05) is 22.9 Å². The first-order valence-electron chi connectivity index (χ1n) is 7.57. The van der Waals surface area contributed by atoms with Crippen LogP contribution in [0.5, 0.6) is 0 Å². The zero-order chi connectivity index (χ0) is 15.2. The Morgan fingerprint density at radius 1 is 1.43 bits per heavy atom. The van der Waals surface area contributed by atoms with Crippen molar-refractivity contribution >= 4 is 37.8 Å². The number of halogens is 2. The highest BCUT2D eigenvalue weighted by atomic mass is 79.9. The van der Waals surface area contributed by atoms with Gasteiger partial charge in [-0.25, -0.2) is 0 Å². The Kier molecular flexibility index (Phi) is 6.71. The molecule has 0 bridgehead atoms. The molecule has 1 unspecified atom stereocenters. The molecular weight excluding hydrogens is 396 g/mol. The van der Waals surface area contributed by atoms with Gasteiger partial charge in [0.25, 0.3) is 5.91 Å². The number of nitrogens with one attached hydrogen (secondary N) is 1. The lowest BCUT2D eigenvalue weighted by Crippen LogP contribution is -2.41. The van der Waals surface area contributed by atoms with Crippen LogP contribution in [-0.2, 0) is 0 Å². The molecule has 1 amide bonds. The Balaban J connectivity index is 2.12. The average Bonchev–Trinajstić information content (AvgIpc) is 2.49. The normalized spacial score (nSPS) is 18.5. The second-order valence-corrected chi connectivity index (χ2v) is 7.36. The van der Waals surface area contributed by atoms with Crippen molar-refractivity contribution in [1.29, 1.82) is 0 Å². The molecule has 1 heterocycles. The number of piperidine rings is 1. The number of amides is 1. The Bertz CT molecular complexity index is 487. The van der Waals surface area contributed by atoms with Crippen molar-refractivity contribution in [2.45, 2.75) is 26.2 Å². The summed E-state index contributed by atoms with van der Waals surface area (Å²) < 4.78 is 1.79. The molecule has 1 aromatic carbocycles. The van der Waals surface area contributed by atoms with Crippen LogP contribution in [0.25, 0.3) is 0 Å². The minimum absolute atomic E-state index is 0.121. The molecule has 1 N–H and O–H groups in total. The van der Waals surface area contributed by atoms with Gasteiger partial charge in [-0.15, -0.1) is 0 Å². The van der Waals surface area contributed by atoms with Gasteiger partial charge in [-0.2, -0.15) is 0 Å². The minimum atomic E-state index is 0.121. The van der Waals surface area contributed by atoms with E-state index in [0.717, 1.165) is 47.1 Å². The number of carbonyl (C=O) groups excluding carboxylic acids is 1. The van der Waals surface area contributed by atoms with Crippen LogP contribution in [0.2, 0.25) is 0 Å². The molecule has 0 saturated carbocycles. The summed E-state index contributed by atoms with van der Waals surface area (Å²) in [4.78, 5) is 14.8. The van der Waals surface area contributed by atoms with Crippen LogP contribution in [0, 0.1) is 5.92 Å². The molecule has 1 fully saturated rings. The smallest absolute Gasteiger partial charge is 0.255 e. The molecule has 0 spiro atoms. The van der Waals surface area contributed by atoms with Crippen molar-refractivity contribution in [3.63, 3.8) is 0 Å². The molecule has 1 aliphatic rings. The molecule has 0 radical (unpaired) electrons. The molecule has 116 valence electrons. The summed E-state index contributed by atoms with van der Waals surface area (Å²) in [6.45, 7) is 5.91. The molecular formula is C16H22Br2N2O. The number of carbonyl (C=O) groups is 1. The third-order valence-electron chi connectivity index (χ3n) is 3.82. The van der Waals surface area contributed by atoms with Crippen molar-refractivity contribution in [3.05, 3.63) is 32.7 Å². The standard InChI is InChI=1S/C16H22Br2N2O/c1-2-8-20(11-12-4-3-7-19-10-12)16(21)14-9-13(17)5-6-15(14)18/h5-6,9,12,19H,2-4,7-8,10-11H2,1H3. The molecule has 5 heteroatoms. The fraction of sp³-hybridized carbons (Fsp3) is 0.562.